The molecule has 0 radical (unpaired) electrons. The number of carbonyl (C=O) groups is 1. The maximum absolute atomic E-state index is 11.8. The molecule has 0 aromatic heterocycles. The Morgan fingerprint density at radius 2 is 2.05 bits per heavy atom. The van der Waals surface area contributed by atoms with E-state index < -0.39 is 0 Å². The Morgan fingerprint density at radius 3 is 2.75 bits per heavy atom. The number of amides is 2. The number of hydrogen-bond acceptors (Lipinski definition) is 2. The molecule has 0 aliphatic heterocycles. The molecule has 1 aliphatic rings. The van der Waals surface area contributed by atoms with E-state index in [-0.39, 0.29) is 18.2 Å². The third kappa shape index (κ3) is 4.85. The molecule has 2 rings (SSSR count). The zero-order chi connectivity index (χ0) is 14.4. The molecule has 0 atom stereocenters. The standard InChI is InChI=1S/C16H24N2O2/c1-12-3-2-4-13(11-12)9-10-17-16(20)18-14-5-7-15(19)8-6-14/h2-4,11,14-15,19H,5-10H2,1H3,(H2,17,18,20). The first kappa shape index (κ1) is 14.9. The number of aryl methyl sites for hydroxylation is 1. The molecule has 20 heavy (non-hydrogen) atoms. The summed E-state index contributed by atoms with van der Waals surface area (Å²) < 4.78 is 0. The van der Waals surface area contributed by atoms with Gasteiger partial charge >= 0.3 is 6.03 Å². The molecule has 1 saturated carbocycles. The van der Waals surface area contributed by atoms with Crippen molar-refractivity contribution < 1.29 is 9.90 Å². The van der Waals surface area contributed by atoms with Crippen molar-refractivity contribution in [3.63, 3.8) is 0 Å². The van der Waals surface area contributed by atoms with Crippen LogP contribution in [0.2, 0.25) is 0 Å². The van der Waals surface area contributed by atoms with Crippen molar-refractivity contribution in [1.82, 2.24) is 10.6 Å². The molecule has 0 saturated heterocycles. The summed E-state index contributed by atoms with van der Waals surface area (Å²) in [5.41, 5.74) is 2.49. The SMILES string of the molecule is Cc1cccc(CCNC(=O)NC2CCC(O)CC2)c1. The van der Waals surface area contributed by atoms with E-state index in [0.29, 0.717) is 6.54 Å². The second-order valence-electron chi connectivity index (χ2n) is 5.64. The Morgan fingerprint density at radius 1 is 1.30 bits per heavy atom. The fraction of sp³-hybridized carbons (Fsp3) is 0.562. The van der Waals surface area contributed by atoms with Crippen LogP contribution in [0.3, 0.4) is 0 Å². The van der Waals surface area contributed by atoms with Crippen molar-refractivity contribution >= 4 is 6.03 Å². The molecule has 2 amide bonds. The molecule has 0 spiro atoms. The van der Waals surface area contributed by atoms with E-state index in [2.05, 4.69) is 35.8 Å². The van der Waals surface area contributed by atoms with E-state index in [1.165, 1.54) is 11.1 Å². The first-order chi connectivity index (χ1) is 9.63. The quantitative estimate of drug-likeness (QED) is 0.789. The summed E-state index contributed by atoms with van der Waals surface area (Å²) in [6.07, 6.45) is 3.97. The molecule has 0 heterocycles. The number of carbonyl (C=O) groups excluding carboxylic acids is 1. The Bertz CT molecular complexity index is 440. The molecule has 0 bridgehead atoms. The second-order valence-corrected chi connectivity index (χ2v) is 5.64. The molecule has 1 aliphatic carbocycles. The van der Waals surface area contributed by atoms with Gasteiger partial charge in [0.1, 0.15) is 0 Å². The van der Waals surface area contributed by atoms with Gasteiger partial charge in [-0.05, 0) is 44.6 Å². The van der Waals surface area contributed by atoms with Crippen molar-refractivity contribution in [2.24, 2.45) is 0 Å². The number of nitrogens with one attached hydrogen (secondary N) is 2. The van der Waals surface area contributed by atoms with Gasteiger partial charge in [-0.25, -0.2) is 4.79 Å². The van der Waals surface area contributed by atoms with E-state index in [4.69, 9.17) is 0 Å². The van der Waals surface area contributed by atoms with E-state index in [0.717, 1.165) is 32.1 Å². The van der Waals surface area contributed by atoms with Gasteiger partial charge in [-0.1, -0.05) is 29.8 Å². The van der Waals surface area contributed by atoms with E-state index in [1.807, 2.05) is 6.07 Å². The van der Waals surface area contributed by atoms with Gasteiger partial charge in [0, 0.05) is 12.6 Å². The summed E-state index contributed by atoms with van der Waals surface area (Å²) >= 11 is 0. The average molecular weight is 276 g/mol. The molecular formula is C16H24N2O2. The van der Waals surface area contributed by atoms with Crippen LogP contribution in [0.15, 0.2) is 24.3 Å². The van der Waals surface area contributed by atoms with Crippen LogP contribution in [0, 0.1) is 6.92 Å². The van der Waals surface area contributed by atoms with Crippen LogP contribution < -0.4 is 10.6 Å². The van der Waals surface area contributed by atoms with Crippen molar-refractivity contribution in [1.29, 1.82) is 0 Å². The molecule has 4 heteroatoms. The summed E-state index contributed by atoms with van der Waals surface area (Å²) in [6, 6.07) is 8.44. The van der Waals surface area contributed by atoms with Crippen molar-refractivity contribution in [2.75, 3.05) is 6.54 Å². The molecule has 110 valence electrons. The summed E-state index contributed by atoms with van der Waals surface area (Å²) in [7, 11) is 0. The third-order valence-corrected chi connectivity index (χ3v) is 3.81. The Hall–Kier alpha value is -1.55. The van der Waals surface area contributed by atoms with Gasteiger partial charge in [-0.15, -0.1) is 0 Å². The minimum Gasteiger partial charge on any atom is -0.393 e. The van der Waals surface area contributed by atoms with Crippen LogP contribution in [0.4, 0.5) is 4.79 Å². The smallest absolute Gasteiger partial charge is 0.315 e. The molecule has 1 fully saturated rings. The molecule has 1 aromatic carbocycles. The highest BCUT2D eigenvalue weighted by molar-refractivity contribution is 5.74. The lowest BCUT2D eigenvalue weighted by Crippen LogP contribution is -2.44. The number of hydrogen-bond donors (Lipinski definition) is 3. The maximum atomic E-state index is 11.8. The summed E-state index contributed by atoms with van der Waals surface area (Å²) in [5, 5.41) is 15.3. The molecule has 1 aromatic rings. The van der Waals surface area contributed by atoms with E-state index >= 15 is 0 Å². The van der Waals surface area contributed by atoms with E-state index in [1.54, 1.807) is 0 Å². The normalized spacial score (nSPS) is 22.3. The van der Waals surface area contributed by atoms with Crippen LogP contribution in [0.1, 0.15) is 36.8 Å². The average Bonchev–Trinajstić information content (AvgIpc) is 2.41. The van der Waals surface area contributed by atoms with Crippen molar-refractivity contribution in [3.8, 4) is 0 Å². The van der Waals surface area contributed by atoms with Crippen molar-refractivity contribution in [3.05, 3.63) is 35.4 Å². The van der Waals surface area contributed by atoms with Crippen LogP contribution in [-0.2, 0) is 6.42 Å². The largest absolute Gasteiger partial charge is 0.393 e. The number of rotatable bonds is 4. The van der Waals surface area contributed by atoms with E-state index in [9.17, 15) is 9.90 Å². The first-order valence-corrected chi connectivity index (χ1v) is 7.41. The van der Waals surface area contributed by atoms with Gasteiger partial charge in [-0.3, -0.25) is 0 Å². The molecule has 3 N–H and O–H groups in total. The summed E-state index contributed by atoms with van der Waals surface area (Å²) in [5.74, 6) is 0. The predicted octanol–water partition coefficient (Wildman–Crippen LogP) is 2.14. The molecular weight excluding hydrogens is 252 g/mol. The zero-order valence-corrected chi connectivity index (χ0v) is 12.1. The number of aliphatic hydroxyl groups is 1. The first-order valence-electron chi connectivity index (χ1n) is 7.41. The maximum Gasteiger partial charge on any atom is 0.315 e. The van der Waals surface area contributed by atoms with Gasteiger partial charge in [0.2, 0.25) is 0 Å². The minimum absolute atomic E-state index is 0.0981. The lowest BCUT2D eigenvalue weighted by Gasteiger charge is -2.26. The Balaban J connectivity index is 1.65. The fourth-order valence-electron chi connectivity index (χ4n) is 2.64. The highest BCUT2D eigenvalue weighted by Crippen LogP contribution is 2.18. The summed E-state index contributed by atoms with van der Waals surface area (Å²) in [6.45, 7) is 2.71. The van der Waals surface area contributed by atoms with Gasteiger partial charge in [0.05, 0.1) is 6.10 Å². The zero-order valence-electron chi connectivity index (χ0n) is 12.1. The minimum atomic E-state index is -0.183. The number of aliphatic hydroxyl groups excluding tert-OH is 1. The van der Waals surface area contributed by atoms with Crippen molar-refractivity contribution in [2.45, 2.75) is 51.2 Å². The Labute approximate surface area is 120 Å². The summed E-state index contributed by atoms with van der Waals surface area (Å²) in [4.78, 5) is 11.8. The van der Waals surface area contributed by atoms with Gasteiger partial charge in [-0.2, -0.15) is 0 Å². The van der Waals surface area contributed by atoms with Crippen LogP contribution in [0.5, 0.6) is 0 Å². The van der Waals surface area contributed by atoms with Gasteiger partial charge in [0.25, 0.3) is 0 Å². The molecule has 0 unspecified atom stereocenters. The predicted molar refractivity (Wildman–Crippen MR) is 79.7 cm³/mol. The highest BCUT2D eigenvalue weighted by Gasteiger charge is 2.20. The second kappa shape index (κ2) is 7.29. The lowest BCUT2D eigenvalue weighted by molar-refractivity contribution is 0.117. The highest BCUT2D eigenvalue weighted by atomic mass is 16.3. The topological polar surface area (TPSA) is 61.4 Å². The van der Waals surface area contributed by atoms with Crippen LogP contribution in [-0.4, -0.2) is 29.8 Å². The number of benzene rings is 1. The van der Waals surface area contributed by atoms with Crippen LogP contribution in [0.25, 0.3) is 0 Å². The van der Waals surface area contributed by atoms with Crippen LogP contribution >= 0.6 is 0 Å². The fourth-order valence-corrected chi connectivity index (χ4v) is 2.64. The van der Waals surface area contributed by atoms with Gasteiger partial charge in [0.15, 0.2) is 0 Å². The molecule has 4 nitrogen and oxygen atoms in total. The Kier molecular flexibility index (Phi) is 5.41. The monoisotopic (exact) mass is 276 g/mol. The number of urea groups is 1. The lowest BCUT2D eigenvalue weighted by atomic mass is 9.93. The van der Waals surface area contributed by atoms with Gasteiger partial charge < -0.3 is 15.7 Å². The third-order valence-electron chi connectivity index (χ3n) is 3.81.